The van der Waals surface area contributed by atoms with Crippen molar-refractivity contribution in [3.05, 3.63) is 29.6 Å². The lowest BCUT2D eigenvalue weighted by atomic mass is 10.2. The molecule has 0 radical (unpaired) electrons. The number of nitrogens with zero attached hydrogens (tertiary/aromatic N) is 3. The molecule has 2 aromatic rings. The molecule has 188 valence electrons. The number of hydrogen-bond acceptors (Lipinski definition) is 3. The zero-order valence-corrected chi connectivity index (χ0v) is 23.7. The van der Waals surface area contributed by atoms with Crippen LogP contribution in [0, 0.1) is 6.92 Å². The number of fused-ring (bicyclic) bond motifs is 1. The molecule has 2 fully saturated rings. The summed E-state index contributed by atoms with van der Waals surface area (Å²) >= 11 is 0. The van der Waals surface area contributed by atoms with E-state index in [1.807, 2.05) is 55.4 Å². The molecular weight excluding hydrogens is 392 g/mol. The third-order valence-corrected chi connectivity index (χ3v) is 5.63. The number of aromatic nitrogens is 2. The van der Waals surface area contributed by atoms with E-state index >= 15 is 0 Å². The molecule has 4 rings (SSSR count). The van der Waals surface area contributed by atoms with Gasteiger partial charge in [0.05, 0.1) is 17.1 Å². The van der Waals surface area contributed by atoms with E-state index in [1.54, 1.807) is 0 Å². The lowest BCUT2D eigenvalue weighted by Crippen LogP contribution is -2.23. The van der Waals surface area contributed by atoms with Gasteiger partial charge in [0, 0.05) is 6.04 Å². The maximum Gasteiger partial charge on any atom is 0.124 e. The standard InChI is InChI=1S/C13H17N3.C7H15N.4C2H6/c1-9-5-6-10-11(8-9)15-13(14-10)12-4-3-7-16(12)2;1-3-7-5-4-6-8(7)2;4*1-2/h5-6,8,12H,3-4,7H2,1-2H3,(H,14,15);7H,3-6H2,1-2H3;4*1-2H3. The van der Waals surface area contributed by atoms with E-state index < -0.39 is 0 Å². The molecular formula is C28H56N4. The summed E-state index contributed by atoms with van der Waals surface area (Å²) in [6.45, 7) is 22.9. The van der Waals surface area contributed by atoms with Gasteiger partial charge in [0.1, 0.15) is 5.82 Å². The molecule has 2 saturated heterocycles. The highest BCUT2D eigenvalue weighted by Gasteiger charge is 2.25. The molecule has 1 aromatic heterocycles. The van der Waals surface area contributed by atoms with Crippen molar-refractivity contribution in [2.75, 3.05) is 27.2 Å². The Kier molecular flexibility index (Phi) is 20.7. The normalized spacial score (nSPS) is 19.6. The first-order valence-corrected chi connectivity index (χ1v) is 13.4. The van der Waals surface area contributed by atoms with Crippen LogP contribution in [-0.4, -0.2) is 53.0 Å². The number of H-pyrrole nitrogens is 1. The van der Waals surface area contributed by atoms with Gasteiger partial charge in [-0.05, 0) is 83.9 Å². The van der Waals surface area contributed by atoms with E-state index in [9.17, 15) is 0 Å². The minimum absolute atomic E-state index is 0.479. The van der Waals surface area contributed by atoms with Crippen molar-refractivity contribution in [1.29, 1.82) is 0 Å². The van der Waals surface area contributed by atoms with Crippen molar-refractivity contribution in [2.45, 2.75) is 113 Å². The zero-order chi connectivity index (χ0) is 25.1. The third-order valence-electron chi connectivity index (χ3n) is 5.63. The van der Waals surface area contributed by atoms with E-state index in [4.69, 9.17) is 0 Å². The van der Waals surface area contributed by atoms with Crippen LogP contribution in [0.2, 0.25) is 0 Å². The lowest BCUT2D eigenvalue weighted by molar-refractivity contribution is 0.304. The summed E-state index contributed by atoms with van der Waals surface area (Å²) in [5.41, 5.74) is 3.53. The predicted octanol–water partition coefficient (Wildman–Crippen LogP) is 8.23. The molecule has 4 heteroatoms. The molecule has 0 bridgehead atoms. The first kappa shape index (κ1) is 32.8. The first-order chi connectivity index (χ1) is 15.6. The zero-order valence-electron chi connectivity index (χ0n) is 23.7. The summed E-state index contributed by atoms with van der Waals surface area (Å²) in [6, 6.07) is 7.76. The van der Waals surface area contributed by atoms with Gasteiger partial charge >= 0.3 is 0 Å². The van der Waals surface area contributed by atoms with E-state index in [0.717, 1.165) is 22.9 Å². The molecule has 2 aliphatic heterocycles. The second-order valence-corrected chi connectivity index (χ2v) is 7.47. The van der Waals surface area contributed by atoms with Gasteiger partial charge in [-0.1, -0.05) is 68.4 Å². The SMILES string of the molecule is CC.CC.CC.CC.CCC1CCCN1C.Cc1ccc2nc(C3CCCN3C)[nH]c2c1. The second kappa shape index (κ2) is 20.2. The predicted molar refractivity (Wildman–Crippen MR) is 147 cm³/mol. The minimum atomic E-state index is 0.479. The van der Waals surface area contributed by atoms with Gasteiger partial charge < -0.3 is 9.88 Å². The van der Waals surface area contributed by atoms with Crippen LogP contribution in [0.15, 0.2) is 18.2 Å². The van der Waals surface area contributed by atoms with Crippen LogP contribution in [0.1, 0.15) is 112 Å². The molecule has 0 aliphatic carbocycles. The smallest absolute Gasteiger partial charge is 0.124 e. The monoisotopic (exact) mass is 448 g/mol. The van der Waals surface area contributed by atoms with Gasteiger partial charge in [0.25, 0.3) is 0 Å². The van der Waals surface area contributed by atoms with Gasteiger partial charge in [0.15, 0.2) is 0 Å². The maximum absolute atomic E-state index is 4.69. The fraction of sp³-hybridized carbons (Fsp3) is 0.750. The molecule has 2 aliphatic rings. The minimum Gasteiger partial charge on any atom is -0.341 e. The van der Waals surface area contributed by atoms with Crippen molar-refractivity contribution in [1.82, 2.24) is 19.8 Å². The van der Waals surface area contributed by atoms with Crippen LogP contribution in [0.4, 0.5) is 0 Å². The number of benzene rings is 1. The number of likely N-dealkylation sites (tertiary alicyclic amines) is 2. The van der Waals surface area contributed by atoms with Crippen LogP contribution >= 0.6 is 0 Å². The Hall–Kier alpha value is -1.39. The largest absolute Gasteiger partial charge is 0.341 e. The topological polar surface area (TPSA) is 35.2 Å². The summed E-state index contributed by atoms with van der Waals surface area (Å²) in [4.78, 5) is 13.0. The molecule has 3 heterocycles. The van der Waals surface area contributed by atoms with Crippen molar-refractivity contribution in [2.24, 2.45) is 0 Å². The van der Waals surface area contributed by atoms with Gasteiger partial charge in [-0.25, -0.2) is 4.98 Å². The average Bonchev–Trinajstić information content (AvgIpc) is 3.58. The highest BCUT2D eigenvalue weighted by Crippen LogP contribution is 2.29. The Bertz CT molecular complexity index is 664. The third kappa shape index (κ3) is 10.5. The van der Waals surface area contributed by atoms with Crippen LogP contribution in [0.3, 0.4) is 0 Å². The molecule has 1 aromatic carbocycles. The molecule has 2 atom stereocenters. The first-order valence-electron chi connectivity index (χ1n) is 13.4. The van der Waals surface area contributed by atoms with Crippen LogP contribution in [0.5, 0.6) is 0 Å². The molecule has 1 N–H and O–H groups in total. The summed E-state index contributed by atoms with van der Waals surface area (Å²) in [5.74, 6) is 1.13. The van der Waals surface area contributed by atoms with Crippen molar-refractivity contribution < 1.29 is 0 Å². The van der Waals surface area contributed by atoms with Crippen molar-refractivity contribution in [3.63, 3.8) is 0 Å². The molecule has 0 amide bonds. The Morgan fingerprint density at radius 3 is 1.88 bits per heavy atom. The van der Waals surface area contributed by atoms with Gasteiger partial charge in [0.2, 0.25) is 0 Å². The molecule has 0 spiro atoms. The highest BCUT2D eigenvalue weighted by molar-refractivity contribution is 5.75. The molecule has 32 heavy (non-hydrogen) atoms. The number of nitrogens with one attached hydrogen (secondary N) is 1. The number of rotatable bonds is 2. The second-order valence-electron chi connectivity index (χ2n) is 7.47. The fourth-order valence-electron chi connectivity index (χ4n) is 4.05. The van der Waals surface area contributed by atoms with Gasteiger partial charge in [-0.15, -0.1) is 0 Å². The molecule has 4 nitrogen and oxygen atoms in total. The van der Waals surface area contributed by atoms with E-state index in [2.05, 4.69) is 65.9 Å². The molecule has 0 saturated carbocycles. The van der Waals surface area contributed by atoms with Gasteiger partial charge in [-0.2, -0.15) is 0 Å². The number of imidazole rings is 1. The number of aryl methyl sites for hydroxylation is 1. The Labute approximate surface area is 201 Å². The van der Waals surface area contributed by atoms with E-state index in [1.165, 1.54) is 50.8 Å². The van der Waals surface area contributed by atoms with Gasteiger partial charge in [-0.3, -0.25) is 4.90 Å². The Balaban J connectivity index is 0. The quantitative estimate of drug-likeness (QED) is 0.502. The number of aromatic amines is 1. The Morgan fingerprint density at radius 2 is 1.44 bits per heavy atom. The fourth-order valence-corrected chi connectivity index (χ4v) is 4.05. The van der Waals surface area contributed by atoms with Crippen molar-refractivity contribution >= 4 is 11.0 Å². The summed E-state index contributed by atoms with van der Waals surface area (Å²) in [5, 5.41) is 0. The summed E-state index contributed by atoms with van der Waals surface area (Å²) in [7, 11) is 4.40. The number of hydrogen-bond donors (Lipinski definition) is 1. The van der Waals surface area contributed by atoms with Crippen LogP contribution in [0.25, 0.3) is 11.0 Å². The van der Waals surface area contributed by atoms with Crippen LogP contribution in [-0.2, 0) is 0 Å². The van der Waals surface area contributed by atoms with Crippen molar-refractivity contribution in [3.8, 4) is 0 Å². The average molecular weight is 449 g/mol. The molecule has 2 unspecified atom stereocenters. The maximum atomic E-state index is 4.69. The van der Waals surface area contributed by atoms with E-state index in [0.29, 0.717) is 6.04 Å². The summed E-state index contributed by atoms with van der Waals surface area (Å²) < 4.78 is 0. The van der Waals surface area contributed by atoms with Crippen LogP contribution < -0.4 is 0 Å². The van der Waals surface area contributed by atoms with E-state index in [-0.39, 0.29) is 0 Å². The highest BCUT2D eigenvalue weighted by atomic mass is 15.2. The summed E-state index contributed by atoms with van der Waals surface area (Å²) in [6.07, 6.45) is 6.66. The lowest BCUT2D eigenvalue weighted by Gasteiger charge is -2.16. The Morgan fingerprint density at radius 1 is 0.875 bits per heavy atom.